The summed E-state index contributed by atoms with van der Waals surface area (Å²) in [5.41, 5.74) is 2.94. The van der Waals surface area contributed by atoms with Crippen LogP contribution in [0.4, 0.5) is 0 Å². The molecule has 7 nitrogen and oxygen atoms in total. The van der Waals surface area contributed by atoms with Crippen molar-refractivity contribution in [2.24, 2.45) is 4.99 Å². The first-order valence-electron chi connectivity index (χ1n) is 10.1. The van der Waals surface area contributed by atoms with E-state index in [1.54, 1.807) is 39.5 Å². The largest absolute Gasteiger partial charge is 0.497 e. The number of hydrogen-bond donors (Lipinski definition) is 3. The highest BCUT2D eigenvalue weighted by molar-refractivity contribution is 14.0. The minimum absolute atomic E-state index is 0. The first-order valence-corrected chi connectivity index (χ1v) is 10.1. The van der Waals surface area contributed by atoms with Crippen molar-refractivity contribution in [3.05, 3.63) is 53.1 Å². The molecule has 0 aliphatic rings. The molecule has 0 fully saturated rings. The number of methoxy groups -OCH3 is 3. The highest BCUT2D eigenvalue weighted by Crippen LogP contribution is 2.29. The van der Waals surface area contributed by atoms with E-state index < -0.39 is 6.10 Å². The van der Waals surface area contributed by atoms with E-state index in [9.17, 15) is 5.11 Å². The van der Waals surface area contributed by atoms with E-state index in [0.29, 0.717) is 29.6 Å². The average molecular weight is 543 g/mol. The minimum Gasteiger partial charge on any atom is -0.497 e. The highest BCUT2D eigenvalue weighted by atomic mass is 127. The zero-order chi connectivity index (χ0) is 21.9. The van der Waals surface area contributed by atoms with Gasteiger partial charge in [-0.2, -0.15) is 0 Å². The maximum atomic E-state index is 10.6. The van der Waals surface area contributed by atoms with Crippen molar-refractivity contribution in [3.8, 4) is 17.2 Å². The Bertz CT molecular complexity index is 846. The summed E-state index contributed by atoms with van der Waals surface area (Å²) in [5, 5.41) is 17.2. The standard InChI is InChI=1S/C23H33N3O4.HI/c1-6-24-23(25-12-11-17-8-7-16(2)22(13-17)30-5)26-15-20(27)19-14-18(28-3)9-10-21(19)29-4;/h7-10,13-14,20,27H,6,11-12,15H2,1-5H3,(H2,24,25,26);1H. The lowest BCUT2D eigenvalue weighted by Gasteiger charge is -2.16. The average Bonchev–Trinajstić information content (AvgIpc) is 2.77. The van der Waals surface area contributed by atoms with Gasteiger partial charge in [0.1, 0.15) is 23.4 Å². The van der Waals surface area contributed by atoms with Gasteiger partial charge in [0.2, 0.25) is 0 Å². The molecule has 0 amide bonds. The molecule has 0 saturated carbocycles. The zero-order valence-electron chi connectivity index (χ0n) is 18.9. The van der Waals surface area contributed by atoms with E-state index in [1.165, 1.54) is 5.56 Å². The van der Waals surface area contributed by atoms with Gasteiger partial charge in [-0.1, -0.05) is 12.1 Å². The number of aryl methyl sites for hydroxylation is 1. The number of nitrogens with zero attached hydrogens (tertiary/aromatic N) is 1. The molecule has 1 atom stereocenters. The summed E-state index contributed by atoms with van der Waals surface area (Å²) in [7, 11) is 4.85. The number of halogens is 1. The van der Waals surface area contributed by atoms with E-state index in [0.717, 1.165) is 24.3 Å². The lowest BCUT2D eigenvalue weighted by atomic mass is 10.1. The number of nitrogens with one attached hydrogen (secondary N) is 2. The third-order valence-electron chi connectivity index (χ3n) is 4.74. The van der Waals surface area contributed by atoms with Crippen LogP contribution < -0.4 is 24.8 Å². The second kappa shape index (κ2) is 14.0. The summed E-state index contributed by atoms with van der Waals surface area (Å²) in [6, 6.07) is 11.6. The lowest BCUT2D eigenvalue weighted by molar-refractivity contribution is 0.182. The summed E-state index contributed by atoms with van der Waals surface area (Å²) in [5.74, 6) is 2.80. The number of ether oxygens (including phenoxy) is 3. The van der Waals surface area contributed by atoms with Gasteiger partial charge in [0.05, 0.1) is 27.9 Å². The molecule has 0 heterocycles. The summed E-state index contributed by atoms with van der Waals surface area (Å²) in [6.07, 6.45) is 0.0136. The van der Waals surface area contributed by atoms with Crippen LogP contribution in [0, 0.1) is 6.92 Å². The van der Waals surface area contributed by atoms with E-state index in [2.05, 4.69) is 33.8 Å². The molecular formula is C23H34IN3O4. The smallest absolute Gasteiger partial charge is 0.191 e. The summed E-state index contributed by atoms with van der Waals surface area (Å²) >= 11 is 0. The molecule has 3 N–H and O–H groups in total. The Labute approximate surface area is 202 Å². The maximum Gasteiger partial charge on any atom is 0.191 e. The van der Waals surface area contributed by atoms with Crippen LogP contribution in [0.3, 0.4) is 0 Å². The van der Waals surface area contributed by atoms with Gasteiger partial charge in [-0.25, -0.2) is 0 Å². The summed E-state index contributed by atoms with van der Waals surface area (Å²) < 4.78 is 16.0. The van der Waals surface area contributed by atoms with Crippen molar-refractivity contribution in [3.63, 3.8) is 0 Å². The summed E-state index contributed by atoms with van der Waals surface area (Å²) in [4.78, 5) is 4.52. The van der Waals surface area contributed by atoms with Crippen LogP contribution >= 0.6 is 24.0 Å². The van der Waals surface area contributed by atoms with Gasteiger partial charge in [0.15, 0.2) is 5.96 Å². The fourth-order valence-corrected chi connectivity index (χ4v) is 3.06. The number of aliphatic imine (C=N–C) groups is 1. The molecule has 0 aliphatic carbocycles. The molecular weight excluding hydrogens is 509 g/mol. The van der Waals surface area contributed by atoms with Gasteiger partial charge in [-0.3, -0.25) is 4.99 Å². The van der Waals surface area contributed by atoms with Crippen molar-refractivity contribution in [1.82, 2.24) is 10.6 Å². The van der Waals surface area contributed by atoms with Crippen LogP contribution in [-0.2, 0) is 6.42 Å². The van der Waals surface area contributed by atoms with Crippen molar-refractivity contribution in [2.75, 3.05) is 41.0 Å². The Hall–Kier alpha value is -2.20. The number of guanidine groups is 1. The molecule has 0 aliphatic heterocycles. The fourth-order valence-electron chi connectivity index (χ4n) is 3.06. The van der Waals surface area contributed by atoms with Gasteiger partial charge >= 0.3 is 0 Å². The van der Waals surface area contributed by atoms with E-state index in [1.807, 2.05) is 13.8 Å². The van der Waals surface area contributed by atoms with Crippen LogP contribution in [0.25, 0.3) is 0 Å². The van der Waals surface area contributed by atoms with Crippen LogP contribution in [0.5, 0.6) is 17.2 Å². The molecule has 8 heteroatoms. The van der Waals surface area contributed by atoms with E-state index >= 15 is 0 Å². The Kier molecular flexibility index (Phi) is 12.1. The molecule has 2 rings (SSSR count). The van der Waals surface area contributed by atoms with Crippen LogP contribution in [0.1, 0.15) is 29.7 Å². The molecule has 0 saturated heterocycles. The maximum absolute atomic E-state index is 10.6. The van der Waals surface area contributed by atoms with Crippen LogP contribution in [0.15, 0.2) is 41.4 Å². The van der Waals surface area contributed by atoms with Gasteiger partial charge in [0, 0.05) is 18.7 Å². The third-order valence-corrected chi connectivity index (χ3v) is 4.74. The number of hydrogen-bond acceptors (Lipinski definition) is 5. The first kappa shape index (κ1) is 26.8. The Morgan fingerprint density at radius 1 is 1.00 bits per heavy atom. The van der Waals surface area contributed by atoms with Gasteiger partial charge in [-0.05, 0) is 55.7 Å². The van der Waals surface area contributed by atoms with Crippen molar-refractivity contribution < 1.29 is 19.3 Å². The SMILES string of the molecule is CCNC(=NCC(O)c1cc(OC)ccc1OC)NCCc1ccc(C)c(OC)c1.I. The minimum atomic E-state index is -0.813. The molecule has 31 heavy (non-hydrogen) atoms. The highest BCUT2D eigenvalue weighted by Gasteiger charge is 2.14. The zero-order valence-corrected chi connectivity index (χ0v) is 21.2. The van der Waals surface area contributed by atoms with Gasteiger partial charge < -0.3 is 30.0 Å². The second-order valence-electron chi connectivity index (χ2n) is 6.82. The fraction of sp³-hybridized carbons (Fsp3) is 0.435. The molecule has 172 valence electrons. The van der Waals surface area contributed by atoms with Crippen molar-refractivity contribution >= 4 is 29.9 Å². The Morgan fingerprint density at radius 3 is 2.39 bits per heavy atom. The normalized spacial score (nSPS) is 11.9. The molecule has 0 spiro atoms. The molecule has 2 aromatic rings. The quantitative estimate of drug-likeness (QED) is 0.242. The molecule has 0 bridgehead atoms. The van der Waals surface area contributed by atoms with Crippen molar-refractivity contribution in [2.45, 2.75) is 26.4 Å². The van der Waals surface area contributed by atoms with Gasteiger partial charge in [-0.15, -0.1) is 24.0 Å². The second-order valence-corrected chi connectivity index (χ2v) is 6.82. The predicted octanol–water partition coefficient (Wildman–Crippen LogP) is 3.47. The van der Waals surface area contributed by atoms with Crippen LogP contribution in [-0.4, -0.2) is 52.0 Å². The third kappa shape index (κ3) is 8.10. The monoisotopic (exact) mass is 543 g/mol. The summed E-state index contributed by atoms with van der Waals surface area (Å²) in [6.45, 7) is 5.65. The number of aliphatic hydroxyl groups is 1. The predicted molar refractivity (Wildman–Crippen MR) is 135 cm³/mol. The Morgan fingerprint density at radius 2 is 1.74 bits per heavy atom. The molecule has 0 aromatic heterocycles. The topological polar surface area (TPSA) is 84.3 Å². The van der Waals surface area contributed by atoms with Gasteiger partial charge in [0.25, 0.3) is 0 Å². The molecule has 2 aromatic carbocycles. The number of benzene rings is 2. The molecule has 0 radical (unpaired) electrons. The molecule has 1 unspecified atom stereocenters. The first-order chi connectivity index (χ1) is 14.5. The number of aliphatic hydroxyl groups excluding tert-OH is 1. The van der Waals surface area contributed by atoms with E-state index in [4.69, 9.17) is 14.2 Å². The number of rotatable bonds is 10. The van der Waals surface area contributed by atoms with E-state index in [-0.39, 0.29) is 30.5 Å². The lowest BCUT2D eigenvalue weighted by Crippen LogP contribution is -2.38. The van der Waals surface area contributed by atoms with Crippen LogP contribution in [0.2, 0.25) is 0 Å². The van der Waals surface area contributed by atoms with Crippen molar-refractivity contribution in [1.29, 1.82) is 0 Å². The Balaban J connectivity index is 0.00000480.